The third kappa shape index (κ3) is 2.98. The van der Waals surface area contributed by atoms with Gasteiger partial charge >= 0.3 is 0 Å². The first-order chi connectivity index (χ1) is 9.68. The maximum absolute atomic E-state index is 12.9. The Hall–Kier alpha value is -1.36. The van der Waals surface area contributed by atoms with Crippen LogP contribution in [0.3, 0.4) is 0 Å². The minimum Gasteiger partial charge on any atom is -0.347 e. The number of carbonyl (C=O) groups excluding carboxylic acids is 1. The molecule has 0 bridgehead atoms. The zero-order valence-corrected chi connectivity index (χ0v) is 14.1. The summed E-state index contributed by atoms with van der Waals surface area (Å²) in [5, 5.41) is 0. The van der Waals surface area contributed by atoms with Crippen molar-refractivity contribution in [1.82, 2.24) is 19.8 Å². The molecule has 5 nitrogen and oxygen atoms in total. The van der Waals surface area contributed by atoms with E-state index in [-0.39, 0.29) is 22.7 Å². The molecule has 118 valence electrons. The van der Waals surface area contributed by atoms with Crippen molar-refractivity contribution in [3.05, 3.63) is 18.2 Å². The maximum Gasteiger partial charge on any atom is 0.227 e. The van der Waals surface area contributed by atoms with Crippen LogP contribution in [0.2, 0.25) is 0 Å². The number of rotatable bonds is 6. The Bertz CT molecular complexity index is 476. The van der Waals surface area contributed by atoms with Crippen LogP contribution in [0, 0.1) is 16.7 Å². The molecule has 0 aromatic carbocycles. The van der Waals surface area contributed by atoms with Gasteiger partial charge in [-0.2, -0.15) is 0 Å². The molecular weight excluding hydrogens is 264 g/mol. The van der Waals surface area contributed by atoms with E-state index in [1.165, 1.54) is 0 Å². The van der Waals surface area contributed by atoms with Crippen molar-refractivity contribution in [1.29, 1.82) is 0 Å². The lowest BCUT2D eigenvalue weighted by atomic mass is 10.0. The predicted octanol–water partition coefficient (Wildman–Crippen LogP) is 1.98. The molecule has 1 aromatic heterocycles. The highest BCUT2D eigenvalue weighted by Crippen LogP contribution is 2.68. The van der Waals surface area contributed by atoms with Gasteiger partial charge in [-0.1, -0.05) is 27.7 Å². The van der Waals surface area contributed by atoms with Gasteiger partial charge in [-0.25, -0.2) is 4.98 Å². The molecule has 0 spiro atoms. The number of nitrogens with zero attached hydrogens (tertiary/aromatic N) is 3. The average molecular weight is 292 g/mol. The second kappa shape index (κ2) is 5.44. The SMILES string of the molecule is CN(C)CCN(Cc1cnc[nH]1)C(=O)C1C(C)(C)C1(C)C. The summed E-state index contributed by atoms with van der Waals surface area (Å²) in [7, 11) is 4.06. The van der Waals surface area contributed by atoms with Crippen molar-refractivity contribution in [2.75, 3.05) is 27.2 Å². The van der Waals surface area contributed by atoms with Crippen molar-refractivity contribution in [2.45, 2.75) is 34.2 Å². The van der Waals surface area contributed by atoms with Gasteiger partial charge in [0.15, 0.2) is 0 Å². The van der Waals surface area contributed by atoms with Crippen LogP contribution in [0.1, 0.15) is 33.4 Å². The van der Waals surface area contributed by atoms with Crippen LogP contribution in [0.5, 0.6) is 0 Å². The zero-order chi connectivity index (χ0) is 15.8. The van der Waals surface area contributed by atoms with Crippen LogP contribution in [-0.2, 0) is 11.3 Å². The molecule has 0 aliphatic heterocycles. The topological polar surface area (TPSA) is 52.2 Å². The Balaban J connectivity index is 2.10. The van der Waals surface area contributed by atoms with Crippen molar-refractivity contribution >= 4 is 5.91 Å². The largest absolute Gasteiger partial charge is 0.347 e. The van der Waals surface area contributed by atoms with Crippen molar-refractivity contribution < 1.29 is 4.79 Å². The third-order valence-corrected chi connectivity index (χ3v) is 5.31. The monoisotopic (exact) mass is 292 g/mol. The standard InChI is InChI=1S/C16H28N4O/c1-15(2)13(16(15,3)4)14(21)20(8-7-19(5)6)10-12-9-17-11-18-12/h9,11,13H,7-8,10H2,1-6H3,(H,17,18). The molecule has 0 atom stereocenters. The molecule has 1 heterocycles. The van der Waals surface area contributed by atoms with E-state index in [0.717, 1.165) is 18.8 Å². The summed E-state index contributed by atoms with van der Waals surface area (Å²) < 4.78 is 0. The molecule has 1 aromatic rings. The van der Waals surface area contributed by atoms with Gasteiger partial charge in [0.2, 0.25) is 5.91 Å². The number of imidazole rings is 1. The van der Waals surface area contributed by atoms with E-state index in [4.69, 9.17) is 0 Å². The number of aromatic amines is 1. The van der Waals surface area contributed by atoms with Crippen LogP contribution in [0.4, 0.5) is 0 Å². The first-order valence-electron chi connectivity index (χ1n) is 7.58. The number of likely N-dealkylation sites (N-methyl/N-ethyl adjacent to an activating group) is 1. The van der Waals surface area contributed by atoms with E-state index in [9.17, 15) is 4.79 Å². The summed E-state index contributed by atoms with van der Waals surface area (Å²) in [6.07, 6.45) is 3.45. The van der Waals surface area contributed by atoms with Gasteiger partial charge in [-0.3, -0.25) is 4.79 Å². The first-order valence-corrected chi connectivity index (χ1v) is 7.58. The van der Waals surface area contributed by atoms with Gasteiger partial charge in [-0.05, 0) is 24.9 Å². The summed E-state index contributed by atoms with van der Waals surface area (Å²) in [5.74, 6) is 0.372. The quantitative estimate of drug-likeness (QED) is 0.872. The minimum absolute atomic E-state index is 0.0778. The number of carbonyl (C=O) groups is 1. The van der Waals surface area contributed by atoms with Gasteiger partial charge in [0.25, 0.3) is 0 Å². The highest BCUT2D eigenvalue weighted by atomic mass is 16.2. The van der Waals surface area contributed by atoms with Crippen LogP contribution >= 0.6 is 0 Å². The smallest absolute Gasteiger partial charge is 0.227 e. The first kappa shape index (κ1) is 16.0. The highest BCUT2D eigenvalue weighted by molar-refractivity contribution is 5.84. The molecule has 1 saturated carbocycles. The second-order valence-electron chi connectivity index (χ2n) is 7.52. The average Bonchev–Trinajstić information content (AvgIpc) is 2.76. The minimum atomic E-state index is 0.0778. The fourth-order valence-electron chi connectivity index (χ4n) is 3.16. The summed E-state index contributed by atoms with van der Waals surface area (Å²) in [6.45, 7) is 11.0. The van der Waals surface area contributed by atoms with E-state index in [2.05, 4.69) is 42.6 Å². The van der Waals surface area contributed by atoms with Crippen LogP contribution in [0.15, 0.2) is 12.5 Å². The van der Waals surface area contributed by atoms with Gasteiger partial charge in [0, 0.05) is 25.2 Å². The second-order valence-corrected chi connectivity index (χ2v) is 7.52. The Morgan fingerprint density at radius 1 is 1.24 bits per heavy atom. The van der Waals surface area contributed by atoms with Gasteiger partial charge in [0.1, 0.15) is 0 Å². The summed E-state index contributed by atoms with van der Waals surface area (Å²) in [6, 6.07) is 0. The van der Waals surface area contributed by atoms with Crippen molar-refractivity contribution in [3.63, 3.8) is 0 Å². The van der Waals surface area contributed by atoms with E-state index in [1.807, 2.05) is 19.0 Å². The molecule has 21 heavy (non-hydrogen) atoms. The Morgan fingerprint density at radius 2 is 1.86 bits per heavy atom. The molecule has 2 rings (SSSR count). The van der Waals surface area contributed by atoms with E-state index in [0.29, 0.717) is 6.54 Å². The predicted molar refractivity (Wildman–Crippen MR) is 83.6 cm³/mol. The van der Waals surface area contributed by atoms with Crippen LogP contribution in [-0.4, -0.2) is 52.9 Å². The zero-order valence-electron chi connectivity index (χ0n) is 14.1. The molecule has 1 aliphatic carbocycles. The Morgan fingerprint density at radius 3 is 2.29 bits per heavy atom. The molecule has 5 heteroatoms. The molecule has 0 radical (unpaired) electrons. The fraction of sp³-hybridized carbons (Fsp3) is 0.750. The molecule has 0 saturated heterocycles. The molecular formula is C16H28N4O. The van der Waals surface area contributed by atoms with Crippen LogP contribution in [0.25, 0.3) is 0 Å². The molecule has 0 unspecified atom stereocenters. The van der Waals surface area contributed by atoms with E-state index in [1.54, 1.807) is 12.5 Å². The number of H-pyrrole nitrogens is 1. The number of hydrogen-bond acceptors (Lipinski definition) is 3. The number of amides is 1. The maximum atomic E-state index is 12.9. The molecule has 1 N–H and O–H groups in total. The lowest BCUT2D eigenvalue weighted by molar-refractivity contribution is -0.134. The van der Waals surface area contributed by atoms with Crippen molar-refractivity contribution in [2.24, 2.45) is 16.7 Å². The van der Waals surface area contributed by atoms with Gasteiger partial charge in [-0.15, -0.1) is 0 Å². The van der Waals surface area contributed by atoms with E-state index >= 15 is 0 Å². The van der Waals surface area contributed by atoms with E-state index < -0.39 is 0 Å². The lowest BCUT2D eigenvalue weighted by Crippen LogP contribution is -2.38. The van der Waals surface area contributed by atoms with Crippen LogP contribution < -0.4 is 0 Å². The number of hydrogen-bond donors (Lipinski definition) is 1. The molecule has 1 fully saturated rings. The molecule has 1 amide bonds. The number of nitrogens with one attached hydrogen (secondary N) is 1. The fourth-order valence-corrected chi connectivity index (χ4v) is 3.16. The highest BCUT2D eigenvalue weighted by Gasteiger charge is 2.68. The van der Waals surface area contributed by atoms with Crippen molar-refractivity contribution in [3.8, 4) is 0 Å². The normalized spacial score (nSPS) is 19.8. The lowest BCUT2D eigenvalue weighted by Gasteiger charge is -2.25. The number of aromatic nitrogens is 2. The van der Waals surface area contributed by atoms with Gasteiger partial charge in [0.05, 0.1) is 18.6 Å². The summed E-state index contributed by atoms with van der Waals surface area (Å²) >= 11 is 0. The third-order valence-electron chi connectivity index (χ3n) is 5.31. The Kier molecular flexibility index (Phi) is 4.15. The van der Waals surface area contributed by atoms with Gasteiger partial charge < -0.3 is 14.8 Å². The molecule has 1 aliphatic rings. The summed E-state index contributed by atoms with van der Waals surface area (Å²) in [4.78, 5) is 24.2. The summed E-state index contributed by atoms with van der Waals surface area (Å²) in [5.41, 5.74) is 1.14. The Labute approximate surface area is 127 Å².